The van der Waals surface area contributed by atoms with Gasteiger partial charge in [0.1, 0.15) is 5.75 Å². The fraction of sp³-hybridized carbons (Fsp3) is 0.400. The molecule has 2 aromatic carbocycles. The minimum Gasteiger partial charge on any atom is -0.497 e. The molecule has 2 heterocycles. The molecule has 1 atom stereocenters. The van der Waals surface area contributed by atoms with E-state index in [2.05, 4.69) is 41.0 Å². The first-order valence-corrected chi connectivity index (χ1v) is 12.8. The monoisotopic (exact) mass is 471 g/mol. The number of fused-ring (bicyclic) bond motifs is 1. The van der Waals surface area contributed by atoms with Gasteiger partial charge in [0, 0.05) is 42.5 Å². The Balaban J connectivity index is 1.78. The number of pyridine rings is 1. The largest absolute Gasteiger partial charge is 0.497 e. The molecule has 0 amide bonds. The molecule has 0 N–H and O–H groups in total. The first kappa shape index (κ1) is 23.0. The van der Waals surface area contributed by atoms with E-state index < -0.39 is 10.8 Å². The minimum atomic E-state index is -1.13. The number of methoxy groups -OCH3 is 1. The summed E-state index contributed by atoms with van der Waals surface area (Å²) < 4.78 is 18.1. The highest BCUT2D eigenvalue weighted by atomic mass is 35.5. The van der Waals surface area contributed by atoms with Gasteiger partial charge in [-0.2, -0.15) is 0 Å². The molecular formula is C25H30ClN3O2S. The zero-order valence-corrected chi connectivity index (χ0v) is 20.7. The molecule has 32 heavy (non-hydrogen) atoms. The summed E-state index contributed by atoms with van der Waals surface area (Å²) in [4.78, 5) is 10.1. The molecule has 0 bridgehead atoms. The van der Waals surface area contributed by atoms with Crippen LogP contribution in [-0.4, -0.2) is 61.2 Å². The molecule has 170 valence electrons. The standard InChI is InChI=1S/C25H30ClN3O2S/c1-28(2)16-17-7-9-29(10-8-17)25-22-13-18(19-11-20(26)14-21(12-19)31-3)5-6-23(22)27-15-24(25)32(4)30/h5-6,11-15,17H,7-10,16H2,1-4H3. The average Bonchev–Trinajstić information content (AvgIpc) is 2.77. The van der Waals surface area contributed by atoms with Gasteiger partial charge in [-0.1, -0.05) is 17.7 Å². The van der Waals surface area contributed by atoms with Crippen LogP contribution in [0.5, 0.6) is 5.75 Å². The van der Waals surface area contributed by atoms with Gasteiger partial charge in [0.25, 0.3) is 0 Å². The number of piperidine rings is 1. The SMILES string of the molecule is COc1cc(Cl)cc(-c2ccc3ncc(S(C)=O)c(N4CCC(CN(C)C)CC4)c3c2)c1. The lowest BCUT2D eigenvalue weighted by atomic mass is 9.95. The molecule has 1 aromatic heterocycles. The van der Waals surface area contributed by atoms with Crippen molar-refractivity contribution in [2.45, 2.75) is 17.7 Å². The predicted octanol–water partition coefficient (Wildman–Crippen LogP) is 5.08. The summed E-state index contributed by atoms with van der Waals surface area (Å²) in [6, 6.07) is 11.9. The Morgan fingerprint density at radius 3 is 2.56 bits per heavy atom. The molecule has 5 nitrogen and oxygen atoms in total. The Hall–Kier alpha value is -2.15. The Morgan fingerprint density at radius 1 is 1.16 bits per heavy atom. The fourth-order valence-electron chi connectivity index (χ4n) is 4.58. The third-order valence-corrected chi connectivity index (χ3v) is 7.25. The zero-order valence-electron chi connectivity index (χ0n) is 19.1. The molecular weight excluding hydrogens is 442 g/mol. The van der Waals surface area contributed by atoms with Crippen molar-refractivity contribution in [2.75, 3.05) is 52.0 Å². The van der Waals surface area contributed by atoms with Crippen molar-refractivity contribution in [3.63, 3.8) is 0 Å². The topological polar surface area (TPSA) is 45.7 Å². The van der Waals surface area contributed by atoms with Crippen LogP contribution < -0.4 is 9.64 Å². The molecule has 1 aliphatic heterocycles. The first-order chi connectivity index (χ1) is 15.4. The maximum Gasteiger partial charge on any atom is 0.120 e. The maximum atomic E-state index is 12.6. The number of hydrogen-bond acceptors (Lipinski definition) is 5. The van der Waals surface area contributed by atoms with Gasteiger partial charge in [-0.25, -0.2) is 0 Å². The van der Waals surface area contributed by atoms with Crippen molar-refractivity contribution in [1.82, 2.24) is 9.88 Å². The Bertz CT molecular complexity index is 1140. The van der Waals surface area contributed by atoms with Crippen LogP contribution in [0.3, 0.4) is 0 Å². The van der Waals surface area contributed by atoms with E-state index in [0.717, 1.165) is 70.8 Å². The fourth-order valence-corrected chi connectivity index (χ4v) is 5.52. The lowest BCUT2D eigenvalue weighted by molar-refractivity contribution is 0.285. The molecule has 0 saturated carbocycles. The van der Waals surface area contributed by atoms with Gasteiger partial charge < -0.3 is 14.5 Å². The normalized spacial score (nSPS) is 16.0. The molecule has 1 unspecified atom stereocenters. The van der Waals surface area contributed by atoms with Crippen molar-refractivity contribution < 1.29 is 8.95 Å². The molecule has 1 fully saturated rings. The lowest BCUT2D eigenvalue weighted by Gasteiger charge is -2.36. The highest BCUT2D eigenvalue weighted by Gasteiger charge is 2.24. The Morgan fingerprint density at radius 2 is 1.91 bits per heavy atom. The third kappa shape index (κ3) is 4.92. The molecule has 7 heteroatoms. The van der Waals surface area contributed by atoms with Crippen LogP contribution in [0.2, 0.25) is 5.02 Å². The summed E-state index contributed by atoms with van der Waals surface area (Å²) in [5.41, 5.74) is 3.97. The van der Waals surface area contributed by atoms with Crippen LogP contribution in [0.4, 0.5) is 5.69 Å². The molecule has 1 aliphatic rings. The number of hydrogen-bond donors (Lipinski definition) is 0. The van der Waals surface area contributed by atoms with Crippen LogP contribution in [-0.2, 0) is 10.8 Å². The molecule has 0 aliphatic carbocycles. The summed E-state index contributed by atoms with van der Waals surface area (Å²) in [7, 11) is 4.77. The highest BCUT2D eigenvalue weighted by Crippen LogP contribution is 2.37. The minimum absolute atomic E-state index is 0.629. The van der Waals surface area contributed by atoms with Crippen LogP contribution in [0, 0.1) is 5.92 Å². The first-order valence-electron chi connectivity index (χ1n) is 10.9. The zero-order chi connectivity index (χ0) is 22.8. The van der Waals surface area contributed by atoms with Crippen molar-refractivity contribution in [3.05, 3.63) is 47.6 Å². The summed E-state index contributed by atoms with van der Waals surface area (Å²) in [6.45, 7) is 3.02. The number of ether oxygens (including phenoxy) is 1. The maximum absolute atomic E-state index is 12.6. The molecule has 4 rings (SSSR count). The van der Waals surface area contributed by atoms with Crippen molar-refractivity contribution in [2.24, 2.45) is 5.92 Å². The smallest absolute Gasteiger partial charge is 0.120 e. The second-order valence-electron chi connectivity index (χ2n) is 8.73. The van der Waals surface area contributed by atoms with E-state index in [-0.39, 0.29) is 0 Å². The number of halogens is 1. The van der Waals surface area contributed by atoms with Crippen molar-refractivity contribution in [3.8, 4) is 16.9 Å². The number of nitrogens with zero attached hydrogens (tertiary/aromatic N) is 3. The van der Waals surface area contributed by atoms with E-state index >= 15 is 0 Å². The van der Waals surface area contributed by atoms with E-state index in [9.17, 15) is 4.21 Å². The van der Waals surface area contributed by atoms with Gasteiger partial charge in [0.05, 0.1) is 34.0 Å². The molecule has 1 saturated heterocycles. The van der Waals surface area contributed by atoms with E-state index in [1.165, 1.54) is 0 Å². The van der Waals surface area contributed by atoms with Gasteiger partial charge in [0.15, 0.2) is 0 Å². The summed E-state index contributed by atoms with van der Waals surface area (Å²) in [6.07, 6.45) is 5.77. The molecule has 0 spiro atoms. The Labute approximate surface area is 197 Å². The van der Waals surface area contributed by atoms with Crippen molar-refractivity contribution in [1.29, 1.82) is 0 Å². The van der Waals surface area contributed by atoms with Gasteiger partial charge >= 0.3 is 0 Å². The van der Waals surface area contributed by atoms with Crippen LogP contribution in [0.1, 0.15) is 12.8 Å². The Kier molecular flexibility index (Phi) is 7.03. The van der Waals surface area contributed by atoms with Gasteiger partial charge in [0.2, 0.25) is 0 Å². The number of anilines is 1. The number of benzene rings is 2. The van der Waals surface area contributed by atoms with E-state index in [4.69, 9.17) is 16.3 Å². The second-order valence-corrected chi connectivity index (χ2v) is 10.5. The van der Waals surface area contributed by atoms with Crippen LogP contribution in [0.25, 0.3) is 22.0 Å². The van der Waals surface area contributed by atoms with E-state index in [1.807, 2.05) is 18.2 Å². The average molecular weight is 472 g/mol. The van der Waals surface area contributed by atoms with Crippen molar-refractivity contribution >= 4 is 39.0 Å². The highest BCUT2D eigenvalue weighted by molar-refractivity contribution is 7.84. The van der Waals surface area contributed by atoms with Gasteiger partial charge in [-0.3, -0.25) is 9.19 Å². The number of aromatic nitrogens is 1. The number of rotatable bonds is 6. The summed E-state index contributed by atoms with van der Waals surface area (Å²) in [5, 5.41) is 1.66. The molecule has 0 radical (unpaired) electrons. The van der Waals surface area contributed by atoms with Gasteiger partial charge in [-0.15, -0.1) is 0 Å². The van der Waals surface area contributed by atoms with Crippen LogP contribution >= 0.6 is 11.6 Å². The lowest BCUT2D eigenvalue weighted by Crippen LogP contribution is -2.37. The summed E-state index contributed by atoms with van der Waals surface area (Å²) in [5.74, 6) is 1.41. The van der Waals surface area contributed by atoms with E-state index in [0.29, 0.717) is 10.9 Å². The second kappa shape index (κ2) is 9.77. The van der Waals surface area contributed by atoms with Crippen LogP contribution in [0.15, 0.2) is 47.5 Å². The third-order valence-electron chi connectivity index (χ3n) is 6.11. The predicted molar refractivity (Wildman–Crippen MR) is 135 cm³/mol. The molecule has 3 aromatic rings. The summed E-state index contributed by atoms with van der Waals surface area (Å²) >= 11 is 6.32. The van der Waals surface area contributed by atoms with E-state index in [1.54, 1.807) is 25.6 Å². The quantitative estimate of drug-likeness (QED) is 0.501. The van der Waals surface area contributed by atoms with Gasteiger partial charge in [-0.05, 0) is 74.3 Å².